The standard InChI is InChI=1S/C16H16N4O2/c17-15(19-21)13-5-1-3-11(9-13)7-8-12-4-2-6-14(10-12)16(18)20-22/h1-10,21-22H,(H2,17,19)(H2,18,20)/b8-7+. The molecule has 0 saturated heterocycles. The van der Waals surface area contributed by atoms with E-state index in [1.807, 2.05) is 36.4 Å². The second kappa shape index (κ2) is 6.94. The van der Waals surface area contributed by atoms with Crippen molar-refractivity contribution in [1.29, 1.82) is 0 Å². The van der Waals surface area contributed by atoms with Gasteiger partial charge in [0.1, 0.15) is 0 Å². The van der Waals surface area contributed by atoms with E-state index in [9.17, 15) is 0 Å². The summed E-state index contributed by atoms with van der Waals surface area (Å²) in [4.78, 5) is 0. The quantitative estimate of drug-likeness (QED) is 0.227. The zero-order valence-electron chi connectivity index (χ0n) is 11.7. The van der Waals surface area contributed by atoms with Crippen LogP contribution in [0.4, 0.5) is 0 Å². The molecule has 0 spiro atoms. The van der Waals surface area contributed by atoms with E-state index < -0.39 is 0 Å². The van der Waals surface area contributed by atoms with Gasteiger partial charge in [0, 0.05) is 11.1 Å². The van der Waals surface area contributed by atoms with Gasteiger partial charge in [-0.3, -0.25) is 0 Å². The number of hydrogen-bond donors (Lipinski definition) is 4. The summed E-state index contributed by atoms with van der Waals surface area (Å²) in [5, 5.41) is 23.3. The fourth-order valence-electron chi connectivity index (χ4n) is 1.91. The number of oxime groups is 2. The van der Waals surface area contributed by atoms with Crippen LogP contribution in [-0.2, 0) is 0 Å². The fraction of sp³-hybridized carbons (Fsp3) is 0. The Labute approximate surface area is 127 Å². The highest BCUT2D eigenvalue weighted by atomic mass is 16.4. The maximum Gasteiger partial charge on any atom is 0.170 e. The third-order valence-corrected chi connectivity index (χ3v) is 3.05. The summed E-state index contributed by atoms with van der Waals surface area (Å²) < 4.78 is 0. The Morgan fingerprint density at radius 2 is 1.18 bits per heavy atom. The topological polar surface area (TPSA) is 117 Å². The van der Waals surface area contributed by atoms with E-state index in [4.69, 9.17) is 21.9 Å². The van der Waals surface area contributed by atoms with E-state index in [1.165, 1.54) is 0 Å². The molecule has 0 aliphatic rings. The van der Waals surface area contributed by atoms with E-state index in [2.05, 4.69) is 10.3 Å². The Bertz CT molecular complexity index is 688. The van der Waals surface area contributed by atoms with Crippen molar-refractivity contribution >= 4 is 23.8 Å². The first-order valence-electron chi connectivity index (χ1n) is 6.48. The van der Waals surface area contributed by atoms with Crippen LogP contribution >= 0.6 is 0 Å². The predicted octanol–water partition coefficient (Wildman–Crippen LogP) is 2.05. The minimum atomic E-state index is 0.0594. The molecular formula is C16H16N4O2. The molecule has 6 N–H and O–H groups in total. The number of rotatable bonds is 4. The molecule has 0 unspecified atom stereocenters. The largest absolute Gasteiger partial charge is 0.409 e. The summed E-state index contributed by atoms with van der Waals surface area (Å²) in [5.41, 5.74) is 14.2. The van der Waals surface area contributed by atoms with Gasteiger partial charge in [-0.25, -0.2) is 0 Å². The van der Waals surface area contributed by atoms with Gasteiger partial charge in [0.05, 0.1) is 0 Å². The van der Waals surface area contributed by atoms with E-state index in [1.54, 1.807) is 24.3 Å². The molecule has 0 saturated carbocycles. The summed E-state index contributed by atoms with van der Waals surface area (Å²) in [7, 11) is 0. The predicted molar refractivity (Wildman–Crippen MR) is 86.8 cm³/mol. The highest BCUT2D eigenvalue weighted by Gasteiger charge is 2.00. The second-order valence-electron chi connectivity index (χ2n) is 4.55. The molecule has 22 heavy (non-hydrogen) atoms. The fourth-order valence-corrected chi connectivity index (χ4v) is 1.91. The zero-order valence-corrected chi connectivity index (χ0v) is 11.7. The zero-order chi connectivity index (χ0) is 15.9. The molecule has 0 heterocycles. The lowest BCUT2D eigenvalue weighted by Crippen LogP contribution is -2.12. The smallest absolute Gasteiger partial charge is 0.170 e. The van der Waals surface area contributed by atoms with Gasteiger partial charge < -0.3 is 21.9 Å². The Morgan fingerprint density at radius 3 is 1.55 bits per heavy atom. The van der Waals surface area contributed by atoms with Gasteiger partial charge in [0.15, 0.2) is 11.7 Å². The van der Waals surface area contributed by atoms with Gasteiger partial charge in [0.2, 0.25) is 0 Å². The normalized spacial score (nSPS) is 12.7. The first-order chi connectivity index (χ1) is 10.6. The van der Waals surface area contributed by atoms with Crippen LogP contribution in [0.2, 0.25) is 0 Å². The third-order valence-electron chi connectivity index (χ3n) is 3.05. The second-order valence-corrected chi connectivity index (χ2v) is 4.55. The van der Waals surface area contributed by atoms with Crippen molar-refractivity contribution in [3.63, 3.8) is 0 Å². The summed E-state index contributed by atoms with van der Waals surface area (Å²) in [5.74, 6) is 0.119. The average Bonchev–Trinajstić information content (AvgIpc) is 2.59. The molecule has 0 radical (unpaired) electrons. The molecule has 0 bridgehead atoms. The minimum absolute atomic E-state index is 0.0594. The van der Waals surface area contributed by atoms with Crippen molar-refractivity contribution in [3.05, 3.63) is 70.8 Å². The molecule has 0 aliphatic heterocycles. The lowest BCUT2D eigenvalue weighted by atomic mass is 10.1. The molecule has 2 aromatic carbocycles. The molecule has 0 aromatic heterocycles. The summed E-state index contributed by atoms with van der Waals surface area (Å²) in [6.07, 6.45) is 3.78. The van der Waals surface area contributed by atoms with Gasteiger partial charge in [-0.15, -0.1) is 0 Å². The van der Waals surface area contributed by atoms with E-state index >= 15 is 0 Å². The van der Waals surface area contributed by atoms with Crippen molar-refractivity contribution in [2.45, 2.75) is 0 Å². The molecule has 6 heteroatoms. The van der Waals surface area contributed by atoms with Crippen LogP contribution in [-0.4, -0.2) is 22.1 Å². The lowest BCUT2D eigenvalue weighted by molar-refractivity contribution is 0.318. The monoisotopic (exact) mass is 296 g/mol. The molecule has 6 nitrogen and oxygen atoms in total. The summed E-state index contributed by atoms with van der Waals surface area (Å²) in [6, 6.07) is 14.6. The van der Waals surface area contributed by atoms with Crippen molar-refractivity contribution in [2.75, 3.05) is 0 Å². The molecule has 0 amide bonds. The molecule has 112 valence electrons. The number of benzene rings is 2. The van der Waals surface area contributed by atoms with E-state index in [0.29, 0.717) is 11.1 Å². The van der Waals surface area contributed by atoms with Gasteiger partial charge in [-0.2, -0.15) is 0 Å². The molecule has 0 fully saturated rings. The number of nitrogens with two attached hydrogens (primary N) is 2. The maximum absolute atomic E-state index is 8.69. The maximum atomic E-state index is 8.69. The minimum Gasteiger partial charge on any atom is -0.409 e. The van der Waals surface area contributed by atoms with Crippen LogP contribution in [0.15, 0.2) is 58.8 Å². The van der Waals surface area contributed by atoms with Crippen molar-refractivity contribution in [1.82, 2.24) is 0 Å². The lowest BCUT2D eigenvalue weighted by Gasteiger charge is -2.01. The first kappa shape index (κ1) is 15.1. The van der Waals surface area contributed by atoms with Crippen molar-refractivity contribution in [3.8, 4) is 0 Å². The first-order valence-corrected chi connectivity index (χ1v) is 6.48. The van der Waals surface area contributed by atoms with Crippen LogP contribution in [0.1, 0.15) is 22.3 Å². The van der Waals surface area contributed by atoms with E-state index in [0.717, 1.165) is 11.1 Å². The van der Waals surface area contributed by atoms with Crippen LogP contribution in [0, 0.1) is 0 Å². The Balaban J connectivity index is 2.26. The number of hydrogen-bond acceptors (Lipinski definition) is 4. The number of amidine groups is 2. The highest BCUT2D eigenvalue weighted by Crippen LogP contribution is 2.12. The van der Waals surface area contributed by atoms with Crippen LogP contribution in [0.25, 0.3) is 12.2 Å². The highest BCUT2D eigenvalue weighted by molar-refractivity contribution is 5.98. The van der Waals surface area contributed by atoms with Gasteiger partial charge in [0.25, 0.3) is 0 Å². The van der Waals surface area contributed by atoms with Crippen LogP contribution in [0.3, 0.4) is 0 Å². The van der Waals surface area contributed by atoms with Crippen molar-refractivity contribution in [2.24, 2.45) is 21.8 Å². The average molecular weight is 296 g/mol. The number of nitrogens with zero attached hydrogens (tertiary/aromatic N) is 2. The van der Waals surface area contributed by atoms with Gasteiger partial charge in [-0.05, 0) is 23.3 Å². The third kappa shape index (κ3) is 3.63. The SMILES string of the molecule is N/C(=N/O)c1cccc(/C=C/c2cccc(/C(N)=N\O)c2)c1. The molecule has 0 aliphatic carbocycles. The Morgan fingerprint density at radius 1 is 0.773 bits per heavy atom. The summed E-state index contributed by atoms with van der Waals surface area (Å²) >= 11 is 0. The van der Waals surface area contributed by atoms with Crippen LogP contribution in [0.5, 0.6) is 0 Å². The van der Waals surface area contributed by atoms with E-state index in [-0.39, 0.29) is 11.7 Å². The Hall–Kier alpha value is -3.28. The molecule has 2 aromatic rings. The van der Waals surface area contributed by atoms with Gasteiger partial charge in [-0.1, -0.05) is 58.9 Å². The van der Waals surface area contributed by atoms with Crippen LogP contribution < -0.4 is 11.5 Å². The van der Waals surface area contributed by atoms with Crippen molar-refractivity contribution < 1.29 is 10.4 Å². The van der Waals surface area contributed by atoms with Gasteiger partial charge >= 0.3 is 0 Å². The summed E-state index contributed by atoms with van der Waals surface area (Å²) in [6.45, 7) is 0. The molecular weight excluding hydrogens is 280 g/mol. The Kier molecular flexibility index (Phi) is 4.77. The molecule has 0 atom stereocenters. The molecule has 2 rings (SSSR count).